The fourth-order valence-electron chi connectivity index (χ4n) is 20.1. The molecule has 0 aliphatic carbocycles. The third-order valence-corrected chi connectivity index (χ3v) is 55.3. The van der Waals surface area contributed by atoms with Crippen molar-refractivity contribution in [1.29, 1.82) is 0 Å². The van der Waals surface area contributed by atoms with Gasteiger partial charge in [0.15, 0.2) is 34.8 Å². The first kappa shape index (κ1) is 99.8. The van der Waals surface area contributed by atoms with Crippen LogP contribution in [0.3, 0.4) is 0 Å². The Hall–Kier alpha value is -4.73. The van der Waals surface area contributed by atoms with E-state index in [0.29, 0.717) is 58.3 Å². The predicted octanol–water partition coefficient (Wildman–Crippen LogP) is 19.7. The molecule has 1 N–H and O–H groups in total. The Kier molecular flexibility index (Phi) is 33.7. The van der Waals surface area contributed by atoms with Gasteiger partial charge in [-0.25, -0.2) is 8.42 Å². The van der Waals surface area contributed by atoms with E-state index in [0.717, 1.165) is 62.9 Å². The Morgan fingerprint density at radius 1 is 0.548 bits per heavy atom. The van der Waals surface area contributed by atoms with Crippen molar-refractivity contribution in [3.8, 4) is 0 Å². The van der Waals surface area contributed by atoms with Crippen molar-refractivity contribution in [2.45, 2.75) is 359 Å². The van der Waals surface area contributed by atoms with Crippen molar-refractivity contribution >= 4 is 72.2 Å². The Labute approximate surface area is 752 Å². The summed E-state index contributed by atoms with van der Waals surface area (Å²) in [4.78, 5) is 0.0774. The molecule has 124 heavy (non-hydrogen) atoms. The fraction of sp³-hybridized carbons (Fsp3) is 0.608. The van der Waals surface area contributed by atoms with Gasteiger partial charge in [0.2, 0.25) is 0 Å². The number of rotatable bonds is 40. The highest BCUT2D eigenvalue weighted by Gasteiger charge is 2.66. The Morgan fingerprint density at radius 2 is 1.06 bits per heavy atom. The molecular weight excluding hydrogens is 1650 g/mol. The Balaban J connectivity index is 1.03. The zero-order valence-electron chi connectivity index (χ0n) is 79.0. The van der Waals surface area contributed by atoms with Gasteiger partial charge in [0.05, 0.1) is 109 Å². The second-order valence-electron chi connectivity index (χ2n) is 41.4. The highest BCUT2D eigenvalue weighted by atomic mass is 32.2. The van der Waals surface area contributed by atoms with E-state index in [-0.39, 0.29) is 58.1 Å². The summed E-state index contributed by atoms with van der Waals surface area (Å²) in [5.41, 5.74) is 1.95. The van der Waals surface area contributed by atoms with Crippen LogP contribution in [0.25, 0.3) is 0 Å². The fourth-order valence-corrected chi connectivity index (χ4v) is 36.9. The van der Waals surface area contributed by atoms with Crippen molar-refractivity contribution in [2.24, 2.45) is 11.8 Å². The largest absolute Gasteiger partial charge is 0.414 e. The van der Waals surface area contributed by atoms with Gasteiger partial charge in [0.1, 0.15) is 30.5 Å². The number of hydrogen-bond donors (Lipinski definition) is 1. The summed E-state index contributed by atoms with van der Waals surface area (Å²) in [6.07, 6.45) is 0.847. The van der Waals surface area contributed by atoms with Crippen LogP contribution in [0.1, 0.15) is 175 Å². The predicted molar refractivity (Wildman–Crippen MR) is 516 cm³/mol. The molecule has 5 aromatic carbocycles. The van der Waals surface area contributed by atoms with Gasteiger partial charge in [-0.2, -0.15) is 0 Å². The second-order valence-corrected chi connectivity index (χ2v) is 66.3. The van der Waals surface area contributed by atoms with E-state index in [1.807, 2.05) is 18.2 Å². The van der Waals surface area contributed by atoms with Gasteiger partial charge in [-0.15, -0.1) is 13.2 Å². The average molecular weight is 1810 g/mol. The number of aliphatic hydroxyl groups excluding tert-OH is 1. The van der Waals surface area contributed by atoms with Gasteiger partial charge in [0, 0.05) is 45.1 Å². The van der Waals surface area contributed by atoms with Crippen molar-refractivity contribution < 1.29 is 73.5 Å². The second kappa shape index (κ2) is 41.8. The summed E-state index contributed by atoms with van der Waals surface area (Å²) in [6.45, 7) is 64.1. The number of benzene rings is 5. The highest BCUT2D eigenvalue weighted by molar-refractivity contribution is 7.92. The van der Waals surface area contributed by atoms with E-state index in [4.69, 9.17) is 66.6 Å². The molecule has 2 unspecified atom stereocenters. The number of ether oxygens (including phenoxy) is 8. The minimum absolute atomic E-state index is 0.0465. The van der Waals surface area contributed by atoms with Crippen LogP contribution >= 0.6 is 0 Å². The molecule has 0 saturated carbocycles. The third-order valence-electron chi connectivity index (χ3n) is 29.3. The first-order chi connectivity index (χ1) is 58.6. The molecule has 6 aliphatic rings. The van der Waals surface area contributed by atoms with Crippen molar-refractivity contribution in [3.63, 3.8) is 0 Å². The summed E-state index contributed by atoms with van der Waals surface area (Å²) in [7, 11) is -17.0. The summed E-state index contributed by atoms with van der Waals surface area (Å²) in [5.74, 6) is -0.939. The van der Waals surface area contributed by atoms with Crippen LogP contribution in [-0.2, 0) is 69.9 Å². The van der Waals surface area contributed by atoms with Gasteiger partial charge >= 0.3 is 0 Å². The zero-order chi connectivity index (χ0) is 90.2. The number of aliphatic hydroxyl groups is 1. The topological polar surface area (TPSA) is 174 Å². The molecule has 684 valence electrons. The first-order valence-corrected chi connectivity index (χ1v) is 60.1. The Bertz CT molecular complexity index is 4290. The van der Waals surface area contributed by atoms with Crippen molar-refractivity contribution in [2.75, 3.05) is 26.9 Å². The molecule has 6 saturated heterocycles. The number of methoxy groups -OCH3 is 1. The van der Waals surface area contributed by atoms with Crippen LogP contribution in [-0.4, -0.2) is 197 Å². The van der Waals surface area contributed by atoms with Gasteiger partial charge in [-0.3, -0.25) is 0 Å². The maximum Gasteiger partial charge on any atom is 0.261 e. The maximum atomic E-state index is 16.8. The summed E-state index contributed by atoms with van der Waals surface area (Å²) in [5, 5.41) is 15.9. The lowest BCUT2D eigenvalue weighted by Crippen LogP contribution is -2.73. The van der Waals surface area contributed by atoms with E-state index in [9.17, 15) is 5.11 Å². The molecule has 11 rings (SSSR count). The lowest BCUT2D eigenvalue weighted by atomic mass is 9.80. The molecule has 6 heterocycles. The van der Waals surface area contributed by atoms with Crippen LogP contribution < -0.4 is 20.7 Å². The van der Waals surface area contributed by atoms with E-state index in [1.54, 1.807) is 37.5 Å². The Morgan fingerprint density at radius 3 is 1.56 bits per heavy atom. The molecule has 0 radical (unpaired) electrons. The van der Waals surface area contributed by atoms with Gasteiger partial charge in [0.25, 0.3) is 16.6 Å². The van der Waals surface area contributed by atoms with Crippen LogP contribution in [0.4, 0.5) is 0 Å². The number of sulfone groups is 1. The lowest BCUT2D eigenvalue weighted by molar-refractivity contribution is -0.257. The standard InChI is InChI=1S/C102H154O16SSi5/c1-26-62-107-63-46-47-75-65-72(7)85(109-75)60-58-76-64-71(6)73(8)87(110-76)69-88-91(92(106-21)89(112-88)68-78(115-121(24,25)100(12,13)14)70-108-120(22,23)99(9,10)11)98(119(104,105)79-48-36-31-37-49-79)84(103)66-77-59-61-86-93(111-77)97(118-124(102(18,19)20,82-54-42-34-43-55-82)83-56-44-35-45-57-83)96-95(113-86)94(90(114-96)67-74(27-2)116-122(28-3,29-4)30-5)117-123(101(15,16)17,80-50-38-32-39-51-80)81-52-40-33-41-53-81/h26-27,31-57,71,74-78,84-98,103H,1-2,7-8,28-30,58-70H2,3-6,9-25H3/t71-,74?,75+,76+,77-,78+,84?,85+,86+,87-,88+,89-,90-,91+,92+,93+,94+,95+,96-,97+,98-/m1/s1. The van der Waals surface area contributed by atoms with Crippen LogP contribution in [0.15, 0.2) is 218 Å². The lowest BCUT2D eigenvalue weighted by Gasteiger charge is -2.53. The van der Waals surface area contributed by atoms with E-state index < -0.39 is 158 Å². The normalized spacial score (nSPS) is 28.1. The number of hydrogen-bond acceptors (Lipinski definition) is 16. The number of fused-ring (bicyclic) bond motifs is 2. The van der Waals surface area contributed by atoms with Crippen LogP contribution in [0, 0.1) is 11.8 Å². The molecule has 0 bridgehead atoms. The van der Waals surface area contributed by atoms with Crippen molar-refractivity contribution in [3.05, 3.63) is 213 Å². The molecule has 6 fully saturated rings. The minimum atomic E-state index is -4.52. The van der Waals surface area contributed by atoms with Crippen LogP contribution in [0.2, 0.25) is 64.5 Å². The van der Waals surface area contributed by atoms with E-state index >= 15 is 8.42 Å². The minimum Gasteiger partial charge on any atom is -0.414 e. The maximum absolute atomic E-state index is 16.8. The SMILES string of the molecule is C=CCOCC=C[C@H]1CC(=C)[C@H](CC[C@H]2C[C@@H](C)C(=C)[C@@H](C[C@@H]3O[C@H](C[C@@H](CO[Si](C)(C)C(C)(C)C)O[Si](C)(C)C(C)(C)C)[C@H](OC)[C@H]3[C@@H](C(O)C[C@H]3CC[C@@H]4O[C@@H]5[C@@H](O[C@H](CC(C=C)O[Si](CC)(CC)CC)[C@@H]5O[Si](c5ccccc5)(c5ccccc5)C(C)(C)C)[C@@H](O[Si](c5ccccc5)(c5ccccc5)C(C)(C)C)[C@H]4O3)S(=O)(=O)c3ccccc3)O2)O1. The quantitative estimate of drug-likeness (QED) is 0.0223. The molecule has 16 nitrogen and oxygen atoms in total. The van der Waals surface area contributed by atoms with Gasteiger partial charge in [-0.05, 0) is 147 Å². The monoisotopic (exact) mass is 1810 g/mol. The first-order valence-electron chi connectivity index (χ1n) is 46.4. The summed E-state index contributed by atoms with van der Waals surface area (Å²) in [6, 6.07) is 54.5. The molecule has 22 heteroatoms. The van der Waals surface area contributed by atoms with Gasteiger partial charge in [-0.1, -0.05) is 288 Å². The molecule has 0 aromatic heterocycles. The molecule has 0 spiro atoms. The van der Waals surface area contributed by atoms with Crippen molar-refractivity contribution in [1.82, 2.24) is 0 Å². The molecule has 0 amide bonds. The molecule has 5 aromatic rings. The van der Waals surface area contributed by atoms with Crippen LogP contribution in [0.5, 0.6) is 0 Å². The molecular formula is C102H154O16SSi5. The van der Waals surface area contributed by atoms with E-state index in [1.165, 1.54) is 0 Å². The smallest absolute Gasteiger partial charge is 0.261 e. The molecule has 21 atom stereocenters. The van der Waals surface area contributed by atoms with Gasteiger partial charge < -0.3 is 65.1 Å². The average Bonchev–Trinajstić information content (AvgIpc) is 1.49. The third kappa shape index (κ3) is 22.2. The molecule has 6 aliphatic heterocycles. The summed E-state index contributed by atoms with van der Waals surface area (Å²) < 4.78 is 131. The highest BCUT2D eigenvalue weighted by Crippen LogP contribution is 2.52. The zero-order valence-corrected chi connectivity index (χ0v) is 84.8. The van der Waals surface area contributed by atoms with E-state index in [2.05, 4.69) is 284 Å². The summed E-state index contributed by atoms with van der Waals surface area (Å²) >= 11 is 0.